The van der Waals surface area contributed by atoms with Crippen LogP contribution in [0, 0.1) is 13.8 Å². The number of benzene rings is 3. The number of hydrogen-bond donors (Lipinski definition) is 1. The predicted octanol–water partition coefficient (Wildman–Crippen LogP) is 4.89. The topological polar surface area (TPSA) is 75.7 Å². The number of carbonyl (C=O) groups is 1. The maximum atomic E-state index is 12.7. The highest BCUT2D eigenvalue weighted by Gasteiger charge is 2.34. The van der Waals surface area contributed by atoms with E-state index < -0.39 is 10.0 Å². The maximum Gasteiger partial charge on any atom is 0.261 e. The fraction of sp³-hybridized carbons (Fsp3) is 0.208. The Labute approximate surface area is 192 Å². The lowest BCUT2D eigenvalue weighted by molar-refractivity contribution is -0.115. The molecule has 4 rings (SSSR count). The van der Waals surface area contributed by atoms with E-state index in [-0.39, 0.29) is 16.2 Å². The minimum Gasteiger partial charge on any atom is -0.497 e. The molecule has 6 nitrogen and oxygen atoms in total. The van der Waals surface area contributed by atoms with E-state index in [4.69, 9.17) is 4.74 Å². The lowest BCUT2D eigenvalue weighted by atomic mass is 10.1. The number of amides is 1. The van der Waals surface area contributed by atoms with Gasteiger partial charge in [0.2, 0.25) is 5.91 Å². The van der Waals surface area contributed by atoms with Gasteiger partial charge in [-0.05, 0) is 79.1 Å². The van der Waals surface area contributed by atoms with Crippen molar-refractivity contribution in [3.8, 4) is 5.75 Å². The summed E-state index contributed by atoms with van der Waals surface area (Å²) < 4.78 is 33.0. The van der Waals surface area contributed by atoms with Crippen LogP contribution in [-0.4, -0.2) is 27.2 Å². The molecule has 1 heterocycles. The molecular formula is C24H24N2O4S2. The molecule has 3 aromatic carbocycles. The first-order chi connectivity index (χ1) is 15.3. The fourth-order valence-corrected chi connectivity index (χ4v) is 5.75. The standard InChI is InChI=1S/C24H24N2O4S2/c1-16-4-9-20(14-17(16)2)26-23(27)15-31-24(26)18-5-7-19(8-6-18)25-32(28,29)22-12-10-21(30-3)11-13-22/h4-14,24-25H,15H2,1-3H3/t24-/m1/s1. The normalized spacial score (nSPS) is 16.3. The second-order valence-corrected chi connectivity index (χ2v) is 10.3. The SMILES string of the molecule is COc1ccc(S(=O)(=O)Nc2ccc([C@H]3SCC(=O)N3c3ccc(C)c(C)c3)cc2)cc1. The van der Waals surface area contributed by atoms with Gasteiger partial charge in [-0.2, -0.15) is 0 Å². The minimum absolute atomic E-state index is 0.0625. The Balaban J connectivity index is 1.54. The average Bonchev–Trinajstić information content (AvgIpc) is 3.17. The first-order valence-corrected chi connectivity index (χ1v) is 12.6. The molecule has 166 valence electrons. The zero-order chi connectivity index (χ0) is 22.9. The van der Waals surface area contributed by atoms with Crippen LogP contribution in [0.4, 0.5) is 11.4 Å². The number of hydrogen-bond acceptors (Lipinski definition) is 5. The fourth-order valence-electron chi connectivity index (χ4n) is 3.51. The van der Waals surface area contributed by atoms with Crippen LogP contribution >= 0.6 is 11.8 Å². The summed E-state index contributed by atoms with van der Waals surface area (Å²) >= 11 is 1.56. The van der Waals surface area contributed by atoms with Gasteiger partial charge >= 0.3 is 0 Å². The Hall–Kier alpha value is -2.97. The monoisotopic (exact) mass is 468 g/mol. The van der Waals surface area contributed by atoms with Crippen LogP contribution in [0.2, 0.25) is 0 Å². The largest absolute Gasteiger partial charge is 0.497 e. The molecule has 1 atom stereocenters. The van der Waals surface area contributed by atoms with Gasteiger partial charge in [0, 0.05) is 11.4 Å². The minimum atomic E-state index is -3.72. The van der Waals surface area contributed by atoms with Crippen molar-refractivity contribution in [2.75, 3.05) is 22.5 Å². The molecule has 32 heavy (non-hydrogen) atoms. The molecule has 1 amide bonds. The molecule has 1 saturated heterocycles. The van der Waals surface area contributed by atoms with Crippen molar-refractivity contribution in [1.82, 2.24) is 0 Å². The van der Waals surface area contributed by atoms with Crippen molar-refractivity contribution >= 4 is 39.1 Å². The number of nitrogens with one attached hydrogen (secondary N) is 1. The Morgan fingerprint density at radius 1 is 0.969 bits per heavy atom. The third-order valence-corrected chi connectivity index (χ3v) is 8.06. The molecule has 0 bridgehead atoms. The quantitative estimate of drug-likeness (QED) is 0.557. The third kappa shape index (κ3) is 4.47. The lowest BCUT2D eigenvalue weighted by Gasteiger charge is -2.25. The number of aryl methyl sites for hydroxylation is 2. The van der Waals surface area contributed by atoms with Crippen LogP contribution in [0.3, 0.4) is 0 Å². The van der Waals surface area contributed by atoms with E-state index in [0.29, 0.717) is 17.2 Å². The Morgan fingerprint density at radius 3 is 2.28 bits per heavy atom. The molecule has 0 saturated carbocycles. The zero-order valence-electron chi connectivity index (χ0n) is 18.0. The molecule has 0 aliphatic carbocycles. The van der Waals surface area contributed by atoms with Crippen molar-refractivity contribution in [1.29, 1.82) is 0 Å². The van der Waals surface area contributed by atoms with Gasteiger partial charge in [0.25, 0.3) is 10.0 Å². The van der Waals surface area contributed by atoms with E-state index in [1.165, 1.54) is 24.8 Å². The summed E-state index contributed by atoms with van der Waals surface area (Å²) in [4.78, 5) is 14.6. The van der Waals surface area contributed by atoms with Gasteiger partial charge in [0.15, 0.2) is 0 Å². The van der Waals surface area contributed by atoms with E-state index in [1.807, 2.05) is 49.1 Å². The van der Waals surface area contributed by atoms with Crippen LogP contribution in [0.15, 0.2) is 71.6 Å². The first-order valence-electron chi connectivity index (χ1n) is 10.1. The highest BCUT2D eigenvalue weighted by Crippen LogP contribution is 2.42. The summed E-state index contributed by atoms with van der Waals surface area (Å²) in [6.07, 6.45) is 0. The molecule has 0 aromatic heterocycles. The first kappa shape index (κ1) is 22.2. The van der Waals surface area contributed by atoms with Gasteiger partial charge in [-0.25, -0.2) is 8.42 Å². The van der Waals surface area contributed by atoms with Crippen LogP contribution < -0.4 is 14.4 Å². The summed E-state index contributed by atoms with van der Waals surface area (Å²) in [5.74, 6) is 1.06. The van der Waals surface area contributed by atoms with Crippen molar-refractivity contribution in [2.45, 2.75) is 24.1 Å². The van der Waals surface area contributed by atoms with Crippen LogP contribution in [0.25, 0.3) is 0 Å². The van der Waals surface area contributed by atoms with E-state index in [1.54, 1.807) is 36.0 Å². The second-order valence-electron chi connectivity index (χ2n) is 7.60. The molecule has 0 radical (unpaired) electrons. The van der Waals surface area contributed by atoms with Crippen molar-refractivity contribution in [3.05, 3.63) is 83.4 Å². The Kier molecular flexibility index (Phi) is 6.17. The average molecular weight is 469 g/mol. The molecule has 8 heteroatoms. The smallest absolute Gasteiger partial charge is 0.261 e. The van der Waals surface area contributed by atoms with Crippen LogP contribution in [0.5, 0.6) is 5.75 Å². The molecule has 0 unspecified atom stereocenters. The highest BCUT2D eigenvalue weighted by molar-refractivity contribution is 8.00. The van der Waals surface area contributed by atoms with E-state index >= 15 is 0 Å². The zero-order valence-corrected chi connectivity index (χ0v) is 19.7. The predicted molar refractivity (Wildman–Crippen MR) is 129 cm³/mol. The molecular weight excluding hydrogens is 444 g/mol. The van der Waals surface area contributed by atoms with Crippen molar-refractivity contribution in [3.63, 3.8) is 0 Å². The molecule has 0 spiro atoms. The number of carbonyl (C=O) groups excluding carboxylic acids is 1. The summed E-state index contributed by atoms with van der Waals surface area (Å²) in [5, 5.41) is -0.156. The Morgan fingerprint density at radius 2 is 1.66 bits per heavy atom. The number of methoxy groups -OCH3 is 1. The van der Waals surface area contributed by atoms with Gasteiger partial charge in [-0.3, -0.25) is 14.4 Å². The summed E-state index contributed by atoms with van der Waals surface area (Å²) in [6, 6.07) is 19.4. The number of thioether (sulfide) groups is 1. The van der Waals surface area contributed by atoms with Gasteiger partial charge < -0.3 is 4.74 Å². The lowest BCUT2D eigenvalue weighted by Crippen LogP contribution is -2.27. The maximum absolute atomic E-state index is 12.7. The van der Waals surface area contributed by atoms with Crippen LogP contribution in [-0.2, 0) is 14.8 Å². The van der Waals surface area contributed by atoms with Crippen LogP contribution in [0.1, 0.15) is 22.1 Å². The van der Waals surface area contributed by atoms with Gasteiger partial charge in [0.1, 0.15) is 11.1 Å². The summed E-state index contributed by atoms with van der Waals surface area (Å²) in [6.45, 7) is 4.08. The summed E-state index contributed by atoms with van der Waals surface area (Å²) in [7, 11) is -2.19. The number of anilines is 2. The molecule has 3 aromatic rings. The number of sulfonamides is 1. The van der Waals surface area contributed by atoms with E-state index in [9.17, 15) is 13.2 Å². The van der Waals surface area contributed by atoms with E-state index in [0.717, 1.165) is 16.8 Å². The van der Waals surface area contributed by atoms with E-state index in [2.05, 4.69) is 4.72 Å². The van der Waals surface area contributed by atoms with Gasteiger partial charge in [-0.1, -0.05) is 18.2 Å². The number of nitrogens with zero attached hydrogens (tertiary/aromatic N) is 1. The van der Waals surface area contributed by atoms with Gasteiger partial charge in [-0.15, -0.1) is 11.8 Å². The second kappa shape index (κ2) is 8.88. The highest BCUT2D eigenvalue weighted by atomic mass is 32.2. The number of rotatable bonds is 6. The third-order valence-electron chi connectivity index (χ3n) is 5.45. The van der Waals surface area contributed by atoms with Gasteiger partial charge in [0.05, 0.1) is 17.8 Å². The molecule has 1 N–H and O–H groups in total. The molecule has 1 fully saturated rings. The molecule has 1 aliphatic rings. The van der Waals surface area contributed by atoms with Crippen molar-refractivity contribution < 1.29 is 17.9 Å². The number of ether oxygens (including phenoxy) is 1. The van der Waals surface area contributed by atoms with Crippen molar-refractivity contribution in [2.24, 2.45) is 0 Å². The summed E-state index contributed by atoms with van der Waals surface area (Å²) in [5.41, 5.74) is 4.58. The Bertz CT molecular complexity index is 1240. The molecule has 1 aliphatic heterocycles.